The van der Waals surface area contributed by atoms with Crippen molar-refractivity contribution in [3.8, 4) is 5.75 Å². The van der Waals surface area contributed by atoms with Gasteiger partial charge in [-0.2, -0.15) is 0 Å². The van der Waals surface area contributed by atoms with E-state index >= 15 is 0 Å². The van der Waals surface area contributed by atoms with E-state index in [1.165, 1.54) is 6.07 Å². The molecule has 0 fully saturated rings. The van der Waals surface area contributed by atoms with Gasteiger partial charge in [-0.15, -0.1) is 0 Å². The highest BCUT2D eigenvalue weighted by molar-refractivity contribution is 5.52. The standard InChI is InChI=1S/C18H22FNO/c1-5-18(20,14-8-6-7-9-16(14)19)15-11-10-12(2)13(3)17(15)21-4/h6-11H,5,20H2,1-4H3. The first-order chi connectivity index (χ1) is 9.95. The van der Waals surface area contributed by atoms with E-state index in [1.807, 2.05) is 39.0 Å². The fourth-order valence-electron chi connectivity index (χ4n) is 2.75. The molecule has 0 aromatic heterocycles. The third-order valence-electron chi connectivity index (χ3n) is 4.27. The summed E-state index contributed by atoms with van der Waals surface area (Å²) in [5.74, 6) is 0.449. The van der Waals surface area contributed by atoms with Gasteiger partial charge in [0, 0.05) is 11.1 Å². The topological polar surface area (TPSA) is 35.2 Å². The minimum absolute atomic E-state index is 0.290. The highest BCUT2D eigenvalue weighted by Crippen LogP contribution is 2.39. The van der Waals surface area contributed by atoms with E-state index < -0.39 is 5.54 Å². The lowest BCUT2D eigenvalue weighted by atomic mass is 9.79. The second kappa shape index (κ2) is 5.86. The zero-order valence-electron chi connectivity index (χ0n) is 13.0. The monoisotopic (exact) mass is 287 g/mol. The molecule has 0 aliphatic rings. The number of hydrogen-bond acceptors (Lipinski definition) is 2. The van der Waals surface area contributed by atoms with Gasteiger partial charge in [-0.3, -0.25) is 0 Å². The summed E-state index contributed by atoms with van der Waals surface area (Å²) in [6, 6.07) is 10.6. The molecule has 3 heteroatoms. The van der Waals surface area contributed by atoms with E-state index in [9.17, 15) is 4.39 Å². The van der Waals surface area contributed by atoms with Gasteiger partial charge < -0.3 is 10.5 Å². The molecular formula is C18H22FNO. The Hall–Kier alpha value is -1.87. The summed E-state index contributed by atoms with van der Waals surface area (Å²) in [5.41, 5.74) is 9.19. The zero-order valence-corrected chi connectivity index (χ0v) is 13.0. The molecule has 0 saturated heterocycles. The maximum absolute atomic E-state index is 14.3. The number of ether oxygens (including phenoxy) is 1. The molecule has 2 N–H and O–H groups in total. The maximum atomic E-state index is 14.3. The van der Waals surface area contributed by atoms with Crippen LogP contribution in [0.2, 0.25) is 0 Å². The first kappa shape index (κ1) is 15.5. The maximum Gasteiger partial charge on any atom is 0.128 e. The normalized spacial score (nSPS) is 13.8. The second-order valence-corrected chi connectivity index (χ2v) is 5.39. The van der Waals surface area contributed by atoms with Crippen molar-refractivity contribution in [3.63, 3.8) is 0 Å². The van der Waals surface area contributed by atoms with Crippen LogP contribution >= 0.6 is 0 Å². The summed E-state index contributed by atoms with van der Waals surface area (Å²) in [7, 11) is 1.63. The number of aryl methyl sites for hydroxylation is 1. The molecule has 0 spiro atoms. The van der Waals surface area contributed by atoms with Crippen LogP contribution in [0.1, 0.15) is 35.6 Å². The number of rotatable bonds is 4. The van der Waals surface area contributed by atoms with Crippen molar-refractivity contribution >= 4 is 0 Å². The molecule has 2 aromatic rings. The van der Waals surface area contributed by atoms with Gasteiger partial charge >= 0.3 is 0 Å². The Morgan fingerprint density at radius 3 is 2.33 bits per heavy atom. The van der Waals surface area contributed by atoms with Crippen LogP contribution in [0, 0.1) is 19.7 Å². The van der Waals surface area contributed by atoms with Crippen molar-refractivity contribution in [3.05, 3.63) is 64.5 Å². The molecule has 112 valence electrons. The van der Waals surface area contributed by atoms with E-state index in [2.05, 4.69) is 0 Å². The summed E-state index contributed by atoms with van der Waals surface area (Å²) in [5, 5.41) is 0. The smallest absolute Gasteiger partial charge is 0.128 e. The van der Waals surface area contributed by atoms with E-state index in [1.54, 1.807) is 19.2 Å². The zero-order chi connectivity index (χ0) is 15.6. The number of halogens is 1. The molecule has 0 radical (unpaired) electrons. The highest BCUT2D eigenvalue weighted by atomic mass is 19.1. The minimum Gasteiger partial charge on any atom is -0.496 e. The molecule has 0 aliphatic heterocycles. The highest BCUT2D eigenvalue weighted by Gasteiger charge is 2.33. The molecule has 21 heavy (non-hydrogen) atoms. The van der Waals surface area contributed by atoms with Crippen LogP contribution in [0.25, 0.3) is 0 Å². The van der Waals surface area contributed by atoms with Crippen molar-refractivity contribution in [2.24, 2.45) is 5.73 Å². The summed E-state index contributed by atoms with van der Waals surface area (Å²) < 4.78 is 19.8. The largest absolute Gasteiger partial charge is 0.496 e. The van der Waals surface area contributed by atoms with Gasteiger partial charge in [0.15, 0.2) is 0 Å². The average molecular weight is 287 g/mol. The van der Waals surface area contributed by atoms with Crippen LogP contribution in [0.15, 0.2) is 36.4 Å². The molecule has 0 aliphatic carbocycles. The Kier molecular flexibility index (Phi) is 4.33. The number of methoxy groups -OCH3 is 1. The van der Waals surface area contributed by atoms with E-state index in [0.717, 1.165) is 22.4 Å². The molecular weight excluding hydrogens is 265 g/mol. The van der Waals surface area contributed by atoms with E-state index in [4.69, 9.17) is 10.5 Å². The van der Waals surface area contributed by atoms with Crippen molar-refractivity contribution in [1.29, 1.82) is 0 Å². The summed E-state index contributed by atoms with van der Waals surface area (Å²) in [6.07, 6.45) is 0.576. The van der Waals surface area contributed by atoms with Gasteiger partial charge in [0.1, 0.15) is 11.6 Å². The SMILES string of the molecule is CCC(N)(c1ccccc1F)c1ccc(C)c(C)c1OC. The molecule has 2 rings (SSSR count). The summed E-state index contributed by atoms with van der Waals surface area (Å²) in [6.45, 7) is 5.98. The van der Waals surface area contributed by atoms with Gasteiger partial charge in [0.05, 0.1) is 12.6 Å². The fourth-order valence-corrected chi connectivity index (χ4v) is 2.75. The minimum atomic E-state index is -0.908. The lowest BCUT2D eigenvalue weighted by Crippen LogP contribution is -2.38. The Morgan fingerprint density at radius 2 is 1.76 bits per heavy atom. The van der Waals surface area contributed by atoms with Gasteiger partial charge in [0.25, 0.3) is 0 Å². The van der Waals surface area contributed by atoms with Crippen molar-refractivity contribution in [2.75, 3.05) is 7.11 Å². The molecule has 2 nitrogen and oxygen atoms in total. The van der Waals surface area contributed by atoms with Gasteiger partial charge in [-0.05, 0) is 37.5 Å². The van der Waals surface area contributed by atoms with Crippen LogP contribution in [0.3, 0.4) is 0 Å². The van der Waals surface area contributed by atoms with Gasteiger partial charge in [-0.1, -0.05) is 37.3 Å². The van der Waals surface area contributed by atoms with E-state index in [0.29, 0.717) is 12.0 Å². The molecule has 0 amide bonds. The fraction of sp³-hybridized carbons (Fsp3) is 0.333. The van der Waals surface area contributed by atoms with Crippen LogP contribution < -0.4 is 10.5 Å². The third kappa shape index (κ3) is 2.54. The van der Waals surface area contributed by atoms with Crippen LogP contribution in [0.4, 0.5) is 4.39 Å². The van der Waals surface area contributed by atoms with Gasteiger partial charge in [0.2, 0.25) is 0 Å². The molecule has 0 saturated carbocycles. The Morgan fingerprint density at radius 1 is 1.10 bits per heavy atom. The molecule has 1 atom stereocenters. The number of benzene rings is 2. The molecule has 0 bridgehead atoms. The molecule has 0 heterocycles. The van der Waals surface area contributed by atoms with Crippen molar-refractivity contribution in [1.82, 2.24) is 0 Å². The Labute approximate surface area is 125 Å². The summed E-state index contributed by atoms with van der Waals surface area (Å²) >= 11 is 0. The van der Waals surface area contributed by atoms with Gasteiger partial charge in [-0.25, -0.2) is 4.39 Å². The van der Waals surface area contributed by atoms with Crippen LogP contribution in [-0.2, 0) is 5.54 Å². The Balaban J connectivity index is 2.72. The predicted octanol–water partition coefficient (Wildman–Crippen LogP) is 4.06. The quantitative estimate of drug-likeness (QED) is 0.920. The second-order valence-electron chi connectivity index (χ2n) is 5.39. The van der Waals surface area contributed by atoms with Crippen molar-refractivity contribution < 1.29 is 9.13 Å². The lowest BCUT2D eigenvalue weighted by molar-refractivity contribution is 0.384. The average Bonchev–Trinajstić information content (AvgIpc) is 2.49. The lowest BCUT2D eigenvalue weighted by Gasteiger charge is -2.32. The van der Waals surface area contributed by atoms with Crippen LogP contribution in [0.5, 0.6) is 5.75 Å². The first-order valence-corrected chi connectivity index (χ1v) is 7.14. The Bertz CT molecular complexity index is 654. The number of nitrogens with two attached hydrogens (primary N) is 1. The van der Waals surface area contributed by atoms with Crippen molar-refractivity contribution in [2.45, 2.75) is 32.7 Å². The third-order valence-corrected chi connectivity index (χ3v) is 4.27. The number of hydrogen-bond donors (Lipinski definition) is 1. The van der Waals surface area contributed by atoms with Crippen LogP contribution in [-0.4, -0.2) is 7.11 Å². The van der Waals surface area contributed by atoms with E-state index in [-0.39, 0.29) is 5.82 Å². The predicted molar refractivity (Wildman–Crippen MR) is 84.1 cm³/mol. The molecule has 1 unspecified atom stereocenters. The first-order valence-electron chi connectivity index (χ1n) is 7.14. The molecule has 2 aromatic carbocycles. The summed E-state index contributed by atoms with van der Waals surface area (Å²) in [4.78, 5) is 0.